The molecule has 9 nitrogen and oxygen atoms in total. The van der Waals surface area contributed by atoms with Crippen LogP contribution in [-0.2, 0) is 4.74 Å². The maximum atomic E-state index is 12.5. The van der Waals surface area contributed by atoms with Crippen molar-refractivity contribution in [2.24, 2.45) is 0 Å². The Bertz CT molecular complexity index is 687. The highest BCUT2D eigenvalue weighted by Gasteiger charge is 2.25. The molecule has 1 fully saturated rings. The molecule has 1 aliphatic heterocycles. The van der Waals surface area contributed by atoms with Crippen LogP contribution in [0, 0.1) is 0 Å². The van der Waals surface area contributed by atoms with Crippen molar-refractivity contribution in [3.63, 3.8) is 0 Å². The zero-order valence-electron chi connectivity index (χ0n) is 16.7. The second-order valence-electron chi connectivity index (χ2n) is 6.92. The van der Waals surface area contributed by atoms with Crippen LogP contribution in [0.5, 0.6) is 0 Å². The SMILES string of the molecule is CCOC(=O)N1CCC(NC(=O)c2cc(C(=O)NCCN(C)C)ccn2)CC1. The maximum Gasteiger partial charge on any atom is 0.409 e. The summed E-state index contributed by atoms with van der Waals surface area (Å²) in [5.41, 5.74) is 0.601. The van der Waals surface area contributed by atoms with Gasteiger partial charge in [-0.25, -0.2) is 4.79 Å². The number of rotatable bonds is 7. The topological polar surface area (TPSA) is 104 Å². The predicted molar refractivity (Wildman–Crippen MR) is 104 cm³/mol. The summed E-state index contributed by atoms with van der Waals surface area (Å²) in [4.78, 5) is 44.1. The van der Waals surface area contributed by atoms with Gasteiger partial charge in [0.05, 0.1) is 6.61 Å². The third-order valence-corrected chi connectivity index (χ3v) is 4.46. The van der Waals surface area contributed by atoms with Crippen molar-refractivity contribution in [3.8, 4) is 0 Å². The molecular weight excluding hydrogens is 362 g/mol. The normalized spacial score (nSPS) is 14.6. The number of nitrogens with one attached hydrogen (secondary N) is 2. The summed E-state index contributed by atoms with van der Waals surface area (Å²) in [6.07, 6.45) is 2.44. The molecule has 1 aromatic heterocycles. The van der Waals surface area contributed by atoms with Crippen LogP contribution in [0.1, 0.15) is 40.6 Å². The Morgan fingerprint density at radius 1 is 1.25 bits per heavy atom. The minimum Gasteiger partial charge on any atom is -0.450 e. The Balaban J connectivity index is 1.86. The highest BCUT2D eigenvalue weighted by atomic mass is 16.6. The lowest BCUT2D eigenvalue weighted by molar-refractivity contribution is 0.0856. The Labute approximate surface area is 165 Å². The van der Waals surface area contributed by atoms with Gasteiger partial charge in [0.25, 0.3) is 11.8 Å². The van der Waals surface area contributed by atoms with Gasteiger partial charge >= 0.3 is 6.09 Å². The molecule has 0 aromatic carbocycles. The van der Waals surface area contributed by atoms with Crippen molar-refractivity contribution >= 4 is 17.9 Å². The van der Waals surface area contributed by atoms with E-state index in [4.69, 9.17) is 4.74 Å². The van der Waals surface area contributed by atoms with Crippen molar-refractivity contribution in [1.29, 1.82) is 0 Å². The molecule has 0 bridgehead atoms. The van der Waals surface area contributed by atoms with E-state index < -0.39 is 0 Å². The van der Waals surface area contributed by atoms with Crippen molar-refractivity contribution in [2.75, 3.05) is 46.9 Å². The number of nitrogens with zero attached hydrogens (tertiary/aromatic N) is 3. The van der Waals surface area contributed by atoms with Crippen molar-refractivity contribution in [1.82, 2.24) is 25.4 Å². The molecule has 0 unspecified atom stereocenters. The number of hydrogen-bond acceptors (Lipinski definition) is 6. The highest BCUT2D eigenvalue weighted by Crippen LogP contribution is 2.12. The Morgan fingerprint density at radius 3 is 2.61 bits per heavy atom. The van der Waals surface area contributed by atoms with E-state index >= 15 is 0 Å². The van der Waals surface area contributed by atoms with E-state index in [0.29, 0.717) is 44.6 Å². The van der Waals surface area contributed by atoms with E-state index in [0.717, 1.165) is 6.54 Å². The van der Waals surface area contributed by atoms with Crippen LogP contribution >= 0.6 is 0 Å². The fraction of sp³-hybridized carbons (Fsp3) is 0.579. The fourth-order valence-electron chi connectivity index (χ4n) is 2.87. The van der Waals surface area contributed by atoms with Crippen LogP contribution in [-0.4, -0.2) is 85.6 Å². The zero-order valence-corrected chi connectivity index (χ0v) is 16.7. The molecule has 3 amide bonds. The predicted octanol–water partition coefficient (Wildman–Crippen LogP) is 0.724. The number of piperidine rings is 1. The quantitative estimate of drug-likeness (QED) is 0.710. The Morgan fingerprint density at radius 2 is 1.96 bits per heavy atom. The Hall–Kier alpha value is -2.68. The van der Waals surface area contributed by atoms with Crippen LogP contribution in [0.4, 0.5) is 4.79 Å². The maximum absolute atomic E-state index is 12.5. The van der Waals surface area contributed by atoms with Gasteiger partial charge in [-0.2, -0.15) is 0 Å². The first-order chi connectivity index (χ1) is 13.4. The standard InChI is InChI=1S/C19H29N5O4/c1-4-28-19(27)24-10-6-15(7-11-24)22-18(26)16-13-14(5-8-20-16)17(25)21-9-12-23(2)3/h5,8,13,15H,4,6-7,9-12H2,1-3H3,(H,21,25)(H,22,26). The van der Waals surface area contributed by atoms with Gasteiger partial charge in [0.2, 0.25) is 0 Å². The molecule has 0 spiro atoms. The molecule has 9 heteroatoms. The van der Waals surface area contributed by atoms with Gasteiger partial charge in [0.1, 0.15) is 5.69 Å². The summed E-state index contributed by atoms with van der Waals surface area (Å²) in [6, 6.07) is 3.03. The number of likely N-dealkylation sites (tertiary alicyclic amines) is 1. The summed E-state index contributed by atoms with van der Waals surface area (Å²) in [7, 11) is 3.86. The first kappa shape index (κ1) is 21.6. The lowest BCUT2D eigenvalue weighted by Gasteiger charge is -2.31. The van der Waals surface area contributed by atoms with Crippen LogP contribution in [0.15, 0.2) is 18.3 Å². The van der Waals surface area contributed by atoms with E-state index in [2.05, 4.69) is 15.6 Å². The fourth-order valence-corrected chi connectivity index (χ4v) is 2.87. The third-order valence-electron chi connectivity index (χ3n) is 4.46. The first-order valence-corrected chi connectivity index (χ1v) is 9.52. The Kier molecular flexibility index (Phi) is 8.19. The molecule has 2 N–H and O–H groups in total. The third kappa shape index (κ3) is 6.49. The molecule has 1 aliphatic rings. The summed E-state index contributed by atoms with van der Waals surface area (Å²) in [5.74, 6) is -0.557. The van der Waals surface area contributed by atoms with Gasteiger partial charge in [-0.15, -0.1) is 0 Å². The van der Waals surface area contributed by atoms with E-state index in [9.17, 15) is 14.4 Å². The van der Waals surface area contributed by atoms with E-state index in [1.54, 1.807) is 17.9 Å². The molecule has 154 valence electrons. The summed E-state index contributed by atoms with van der Waals surface area (Å²) in [5, 5.41) is 5.75. The number of aromatic nitrogens is 1. The number of carbonyl (C=O) groups is 3. The number of amides is 3. The van der Waals surface area contributed by atoms with Gasteiger partial charge in [0, 0.05) is 44.0 Å². The minimum absolute atomic E-state index is 0.0439. The number of likely N-dealkylation sites (N-methyl/N-ethyl adjacent to an activating group) is 1. The molecule has 0 saturated carbocycles. The number of hydrogen-bond donors (Lipinski definition) is 2. The lowest BCUT2D eigenvalue weighted by Crippen LogP contribution is -2.46. The van der Waals surface area contributed by atoms with Gasteiger partial charge < -0.3 is 25.2 Å². The van der Waals surface area contributed by atoms with Gasteiger partial charge in [0.15, 0.2) is 0 Å². The molecule has 0 atom stereocenters. The molecule has 2 heterocycles. The molecule has 0 radical (unpaired) electrons. The molecule has 2 rings (SSSR count). The van der Waals surface area contributed by atoms with Crippen LogP contribution in [0.25, 0.3) is 0 Å². The second kappa shape index (κ2) is 10.6. The smallest absolute Gasteiger partial charge is 0.409 e. The molecule has 0 aliphatic carbocycles. The monoisotopic (exact) mass is 391 g/mol. The zero-order chi connectivity index (χ0) is 20.5. The summed E-state index contributed by atoms with van der Waals surface area (Å²) in [6.45, 7) is 4.44. The minimum atomic E-state index is -0.322. The van der Waals surface area contributed by atoms with E-state index in [-0.39, 0.29) is 29.6 Å². The van der Waals surface area contributed by atoms with Crippen LogP contribution in [0.2, 0.25) is 0 Å². The highest BCUT2D eigenvalue weighted by molar-refractivity contribution is 5.98. The van der Waals surface area contributed by atoms with Crippen molar-refractivity contribution in [2.45, 2.75) is 25.8 Å². The second-order valence-corrected chi connectivity index (χ2v) is 6.92. The van der Waals surface area contributed by atoms with Crippen LogP contribution < -0.4 is 10.6 Å². The molecule has 28 heavy (non-hydrogen) atoms. The van der Waals surface area contributed by atoms with E-state index in [1.165, 1.54) is 12.3 Å². The van der Waals surface area contributed by atoms with Crippen molar-refractivity contribution in [3.05, 3.63) is 29.6 Å². The van der Waals surface area contributed by atoms with Crippen molar-refractivity contribution < 1.29 is 19.1 Å². The van der Waals surface area contributed by atoms with E-state index in [1.807, 2.05) is 19.0 Å². The summed E-state index contributed by atoms with van der Waals surface area (Å²) >= 11 is 0. The number of ether oxygens (including phenoxy) is 1. The average molecular weight is 391 g/mol. The van der Waals surface area contributed by atoms with Gasteiger partial charge in [-0.3, -0.25) is 14.6 Å². The molecular formula is C19H29N5O4. The average Bonchev–Trinajstić information content (AvgIpc) is 2.68. The molecule has 1 aromatic rings. The number of carbonyl (C=O) groups excluding carboxylic acids is 3. The van der Waals surface area contributed by atoms with Crippen LogP contribution in [0.3, 0.4) is 0 Å². The number of pyridine rings is 1. The lowest BCUT2D eigenvalue weighted by atomic mass is 10.1. The largest absolute Gasteiger partial charge is 0.450 e. The van der Waals surface area contributed by atoms with Gasteiger partial charge in [-0.05, 0) is 46.0 Å². The van der Waals surface area contributed by atoms with Gasteiger partial charge in [-0.1, -0.05) is 0 Å². The molecule has 1 saturated heterocycles. The first-order valence-electron chi connectivity index (χ1n) is 9.52. The summed E-state index contributed by atoms with van der Waals surface area (Å²) < 4.78 is 4.99.